The molecule has 0 bridgehead atoms. The Kier molecular flexibility index (Phi) is 6.97. The number of hydrogen-bond acceptors (Lipinski definition) is 6. The molecule has 166 valence electrons. The Hall–Kier alpha value is -2.91. The van der Waals surface area contributed by atoms with Gasteiger partial charge >= 0.3 is 5.97 Å². The number of piperidine rings is 1. The Morgan fingerprint density at radius 1 is 1.03 bits per heavy atom. The fourth-order valence-corrected chi connectivity index (χ4v) is 5.24. The van der Waals surface area contributed by atoms with Crippen molar-refractivity contribution < 1.29 is 27.5 Å². The van der Waals surface area contributed by atoms with Crippen LogP contribution in [0.4, 0.5) is 5.69 Å². The monoisotopic (exact) mass is 446 g/mol. The lowest BCUT2D eigenvalue weighted by Crippen LogP contribution is -2.41. The number of carbonyl (C=O) groups is 2. The number of hydrogen-bond donors (Lipinski definition) is 1. The number of methoxy groups -OCH3 is 2. The number of benzene rings is 2. The van der Waals surface area contributed by atoms with Crippen molar-refractivity contribution in [2.75, 3.05) is 32.6 Å². The van der Waals surface area contributed by atoms with E-state index >= 15 is 0 Å². The van der Waals surface area contributed by atoms with Crippen molar-refractivity contribution in [3.63, 3.8) is 0 Å². The summed E-state index contributed by atoms with van der Waals surface area (Å²) >= 11 is 0. The van der Waals surface area contributed by atoms with Crippen molar-refractivity contribution in [2.45, 2.75) is 24.7 Å². The van der Waals surface area contributed by atoms with Gasteiger partial charge < -0.3 is 14.8 Å². The smallest absolute Gasteiger partial charge is 0.337 e. The Balaban J connectivity index is 1.63. The zero-order valence-electron chi connectivity index (χ0n) is 17.8. The van der Waals surface area contributed by atoms with Crippen molar-refractivity contribution in [3.05, 3.63) is 53.6 Å². The van der Waals surface area contributed by atoms with Crippen LogP contribution in [0.1, 0.15) is 28.8 Å². The Morgan fingerprint density at radius 3 is 2.26 bits per heavy atom. The predicted octanol–water partition coefficient (Wildman–Crippen LogP) is 2.83. The van der Waals surface area contributed by atoms with Gasteiger partial charge in [-0.1, -0.05) is 6.07 Å². The Morgan fingerprint density at radius 2 is 1.68 bits per heavy atom. The summed E-state index contributed by atoms with van der Waals surface area (Å²) in [6, 6.07) is 11.5. The van der Waals surface area contributed by atoms with E-state index in [2.05, 4.69) is 10.1 Å². The van der Waals surface area contributed by atoms with Gasteiger partial charge in [-0.05, 0) is 61.7 Å². The number of nitrogens with zero attached hydrogens (tertiary/aromatic N) is 1. The van der Waals surface area contributed by atoms with Gasteiger partial charge in [0.15, 0.2) is 0 Å². The van der Waals surface area contributed by atoms with E-state index < -0.39 is 16.0 Å². The van der Waals surface area contributed by atoms with Crippen LogP contribution in [0.25, 0.3) is 0 Å². The van der Waals surface area contributed by atoms with Gasteiger partial charge in [-0.15, -0.1) is 0 Å². The SMILES string of the molecule is COC(=O)c1ccc(NC(=O)C2CCN(S(=O)(=O)c3cc(C)ccc3OC)CC2)cc1. The van der Waals surface area contributed by atoms with E-state index in [1.54, 1.807) is 42.5 Å². The molecule has 1 heterocycles. The summed E-state index contributed by atoms with van der Waals surface area (Å²) in [5.41, 5.74) is 1.79. The van der Waals surface area contributed by atoms with Crippen molar-refractivity contribution in [1.82, 2.24) is 4.31 Å². The second-order valence-corrected chi connectivity index (χ2v) is 9.30. The number of anilines is 1. The molecule has 0 atom stereocenters. The topological polar surface area (TPSA) is 102 Å². The van der Waals surface area contributed by atoms with Gasteiger partial charge in [-0.2, -0.15) is 4.31 Å². The summed E-state index contributed by atoms with van der Waals surface area (Å²) in [5, 5.41) is 2.83. The lowest BCUT2D eigenvalue weighted by molar-refractivity contribution is -0.120. The molecule has 0 aliphatic carbocycles. The molecule has 0 unspecified atom stereocenters. The first kappa shape index (κ1) is 22.8. The molecule has 2 aromatic rings. The molecule has 0 spiro atoms. The van der Waals surface area contributed by atoms with Crippen LogP contribution in [0.3, 0.4) is 0 Å². The van der Waals surface area contributed by atoms with E-state index in [1.807, 2.05) is 6.92 Å². The van der Waals surface area contributed by atoms with Crippen LogP contribution < -0.4 is 10.1 Å². The first-order chi connectivity index (χ1) is 14.8. The third kappa shape index (κ3) is 5.05. The van der Waals surface area contributed by atoms with Gasteiger partial charge in [-0.3, -0.25) is 4.79 Å². The summed E-state index contributed by atoms with van der Waals surface area (Å²) in [5.74, 6) is -0.611. The maximum absolute atomic E-state index is 13.1. The molecule has 1 saturated heterocycles. The summed E-state index contributed by atoms with van der Waals surface area (Å²) in [6.07, 6.45) is 0.832. The summed E-state index contributed by atoms with van der Waals surface area (Å²) < 4.78 is 37.5. The molecule has 1 aliphatic heterocycles. The minimum absolute atomic E-state index is 0.142. The number of rotatable bonds is 6. The van der Waals surface area contributed by atoms with Gasteiger partial charge in [0.05, 0.1) is 19.8 Å². The fourth-order valence-electron chi connectivity index (χ4n) is 3.53. The van der Waals surface area contributed by atoms with E-state index in [9.17, 15) is 18.0 Å². The third-order valence-electron chi connectivity index (χ3n) is 5.34. The van der Waals surface area contributed by atoms with Crippen molar-refractivity contribution in [3.8, 4) is 5.75 Å². The van der Waals surface area contributed by atoms with Crippen LogP contribution in [0.2, 0.25) is 0 Å². The molecule has 31 heavy (non-hydrogen) atoms. The number of amides is 1. The minimum Gasteiger partial charge on any atom is -0.495 e. The quantitative estimate of drug-likeness (QED) is 0.685. The van der Waals surface area contributed by atoms with Crippen molar-refractivity contribution in [2.24, 2.45) is 5.92 Å². The molecule has 0 radical (unpaired) electrons. The number of aryl methyl sites for hydroxylation is 1. The zero-order chi connectivity index (χ0) is 22.6. The van der Waals surface area contributed by atoms with Crippen LogP contribution in [0.15, 0.2) is 47.4 Å². The Labute approximate surface area is 182 Å². The summed E-state index contributed by atoms with van der Waals surface area (Å²) in [4.78, 5) is 24.3. The molecule has 9 heteroatoms. The molecule has 1 N–H and O–H groups in total. The molecule has 3 rings (SSSR count). The number of carbonyl (C=O) groups excluding carboxylic acids is 2. The maximum Gasteiger partial charge on any atom is 0.337 e. The number of esters is 1. The van der Waals surface area contributed by atoms with E-state index in [1.165, 1.54) is 18.5 Å². The van der Waals surface area contributed by atoms with E-state index in [4.69, 9.17) is 4.74 Å². The molecular weight excluding hydrogens is 420 g/mol. The van der Waals surface area contributed by atoms with Crippen LogP contribution in [0, 0.1) is 12.8 Å². The minimum atomic E-state index is -3.72. The van der Waals surface area contributed by atoms with Crippen molar-refractivity contribution in [1.29, 1.82) is 0 Å². The van der Waals surface area contributed by atoms with E-state index in [0.717, 1.165) is 5.56 Å². The largest absolute Gasteiger partial charge is 0.495 e. The highest BCUT2D eigenvalue weighted by molar-refractivity contribution is 7.89. The van der Waals surface area contributed by atoms with Crippen LogP contribution in [-0.4, -0.2) is 51.9 Å². The highest BCUT2D eigenvalue weighted by atomic mass is 32.2. The summed E-state index contributed by atoms with van der Waals surface area (Å²) in [7, 11) is -0.970. The van der Waals surface area contributed by atoms with Crippen LogP contribution in [-0.2, 0) is 19.6 Å². The zero-order valence-corrected chi connectivity index (χ0v) is 18.6. The van der Waals surface area contributed by atoms with Gasteiger partial charge in [0.1, 0.15) is 10.6 Å². The standard InChI is InChI=1S/C22H26N2O6S/c1-15-4-9-19(29-2)20(14-15)31(27,28)24-12-10-16(11-13-24)21(25)23-18-7-5-17(6-8-18)22(26)30-3/h4-9,14,16H,10-13H2,1-3H3,(H,23,25). The molecule has 0 saturated carbocycles. The average Bonchev–Trinajstić information content (AvgIpc) is 2.79. The molecule has 1 amide bonds. The highest BCUT2D eigenvalue weighted by Crippen LogP contribution is 2.30. The molecule has 2 aromatic carbocycles. The lowest BCUT2D eigenvalue weighted by atomic mass is 9.97. The Bertz CT molecular complexity index is 1060. The predicted molar refractivity (Wildman–Crippen MR) is 116 cm³/mol. The second-order valence-electron chi connectivity index (χ2n) is 7.39. The molecular formula is C22H26N2O6S. The van der Waals surface area contributed by atoms with Gasteiger partial charge in [0, 0.05) is 24.7 Å². The fraction of sp³-hybridized carbons (Fsp3) is 0.364. The number of ether oxygens (including phenoxy) is 2. The van der Waals surface area contributed by atoms with Gasteiger partial charge in [0.2, 0.25) is 15.9 Å². The molecule has 1 aliphatic rings. The first-order valence-corrected chi connectivity index (χ1v) is 11.3. The van der Waals surface area contributed by atoms with E-state index in [-0.39, 0.29) is 29.8 Å². The molecule has 1 fully saturated rings. The molecule has 0 aromatic heterocycles. The lowest BCUT2D eigenvalue weighted by Gasteiger charge is -2.31. The average molecular weight is 447 g/mol. The van der Waals surface area contributed by atoms with E-state index in [0.29, 0.717) is 29.8 Å². The van der Waals surface area contributed by atoms with Gasteiger partial charge in [0.25, 0.3) is 0 Å². The van der Waals surface area contributed by atoms with Gasteiger partial charge in [-0.25, -0.2) is 13.2 Å². The van der Waals surface area contributed by atoms with Crippen LogP contribution >= 0.6 is 0 Å². The normalized spacial score (nSPS) is 15.3. The molecule has 8 nitrogen and oxygen atoms in total. The second kappa shape index (κ2) is 9.49. The number of nitrogens with one attached hydrogen (secondary N) is 1. The maximum atomic E-state index is 13.1. The summed E-state index contributed by atoms with van der Waals surface area (Å²) in [6.45, 7) is 2.32. The third-order valence-corrected chi connectivity index (χ3v) is 7.26. The highest BCUT2D eigenvalue weighted by Gasteiger charge is 2.33. The number of sulfonamides is 1. The van der Waals surface area contributed by atoms with Crippen LogP contribution in [0.5, 0.6) is 5.75 Å². The van der Waals surface area contributed by atoms with Crippen molar-refractivity contribution >= 4 is 27.6 Å². The first-order valence-electron chi connectivity index (χ1n) is 9.90.